The first-order chi connectivity index (χ1) is 9.65. The third-order valence-corrected chi connectivity index (χ3v) is 4.10. The molecule has 0 heterocycles. The van der Waals surface area contributed by atoms with E-state index in [9.17, 15) is 0 Å². The third kappa shape index (κ3) is 4.55. The minimum Gasteiger partial charge on any atom is -0.370 e. The summed E-state index contributed by atoms with van der Waals surface area (Å²) < 4.78 is 0. The number of aryl methyl sites for hydroxylation is 1. The number of hydrogen-bond donors (Lipinski definition) is 2. The number of nitrogens with one attached hydrogen (secondary N) is 1. The lowest BCUT2D eigenvalue weighted by atomic mass is 9.96. The molecule has 1 aliphatic carbocycles. The molecule has 0 amide bonds. The number of nitrogens with two attached hydrogens (primary N) is 1. The average Bonchev–Trinajstić information content (AvgIpc) is 2.46. The molecule has 3 nitrogen and oxygen atoms in total. The molecule has 1 unspecified atom stereocenters. The largest absolute Gasteiger partial charge is 0.370 e. The Bertz CT molecular complexity index is 447. The maximum absolute atomic E-state index is 6.00. The Morgan fingerprint density at radius 1 is 1.35 bits per heavy atom. The van der Waals surface area contributed by atoms with E-state index < -0.39 is 0 Å². The SMILES string of the molecule is Cc1cccc(C(C)CN=C(N)NC2CCCCC2)c1. The van der Waals surface area contributed by atoms with Crippen LogP contribution in [0.1, 0.15) is 56.1 Å². The quantitative estimate of drug-likeness (QED) is 0.653. The van der Waals surface area contributed by atoms with Gasteiger partial charge in [0.2, 0.25) is 0 Å². The molecule has 1 saturated carbocycles. The maximum atomic E-state index is 6.00. The molecule has 1 fully saturated rings. The Kier molecular flexibility index (Phi) is 5.45. The van der Waals surface area contributed by atoms with Crippen LogP contribution in [-0.2, 0) is 0 Å². The predicted octanol–water partition coefficient (Wildman–Crippen LogP) is 3.34. The Labute approximate surface area is 122 Å². The fraction of sp³-hybridized carbons (Fsp3) is 0.588. The van der Waals surface area contributed by atoms with E-state index >= 15 is 0 Å². The molecule has 0 aromatic heterocycles. The Morgan fingerprint density at radius 3 is 2.80 bits per heavy atom. The van der Waals surface area contributed by atoms with Crippen LogP contribution in [0.15, 0.2) is 29.3 Å². The summed E-state index contributed by atoms with van der Waals surface area (Å²) in [4.78, 5) is 4.51. The van der Waals surface area contributed by atoms with Crippen molar-refractivity contribution in [1.29, 1.82) is 0 Å². The zero-order valence-corrected chi connectivity index (χ0v) is 12.7. The molecule has 20 heavy (non-hydrogen) atoms. The number of nitrogens with zero attached hydrogens (tertiary/aromatic N) is 1. The van der Waals surface area contributed by atoms with Crippen LogP contribution in [0.5, 0.6) is 0 Å². The number of rotatable bonds is 4. The van der Waals surface area contributed by atoms with Crippen LogP contribution in [0.25, 0.3) is 0 Å². The highest BCUT2D eigenvalue weighted by Gasteiger charge is 2.13. The average molecular weight is 273 g/mol. The molecule has 110 valence electrons. The first-order valence-corrected chi connectivity index (χ1v) is 7.78. The molecule has 2 rings (SSSR count). The third-order valence-electron chi connectivity index (χ3n) is 4.10. The summed E-state index contributed by atoms with van der Waals surface area (Å²) >= 11 is 0. The van der Waals surface area contributed by atoms with Gasteiger partial charge in [-0.2, -0.15) is 0 Å². The highest BCUT2D eigenvalue weighted by molar-refractivity contribution is 5.78. The first kappa shape index (κ1) is 14.9. The second-order valence-electron chi connectivity index (χ2n) is 6.02. The number of hydrogen-bond acceptors (Lipinski definition) is 1. The fourth-order valence-corrected chi connectivity index (χ4v) is 2.82. The van der Waals surface area contributed by atoms with Gasteiger partial charge in [-0.25, -0.2) is 0 Å². The van der Waals surface area contributed by atoms with Gasteiger partial charge < -0.3 is 11.1 Å². The molecule has 3 heteroatoms. The molecule has 1 aromatic carbocycles. The second kappa shape index (κ2) is 7.32. The van der Waals surface area contributed by atoms with Crippen molar-refractivity contribution in [3.8, 4) is 0 Å². The van der Waals surface area contributed by atoms with E-state index in [2.05, 4.69) is 48.4 Å². The molecular formula is C17H27N3. The van der Waals surface area contributed by atoms with Crippen molar-refractivity contribution in [3.63, 3.8) is 0 Å². The summed E-state index contributed by atoms with van der Waals surface area (Å²) in [5.74, 6) is 1.01. The van der Waals surface area contributed by atoms with Crippen molar-refractivity contribution in [3.05, 3.63) is 35.4 Å². The molecule has 1 aliphatic rings. The lowest BCUT2D eigenvalue weighted by Crippen LogP contribution is -2.41. The highest BCUT2D eigenvalue weighted by Crippen LogP contribution is 2.18. The Balaban J connectivity index is 1.84. The van der Waals surface area contributed by atoms with Crippen LogP contribution >= 0.6 is 0 Å². The molecule has 0 saturated heterocycles. The standard InChI is InChI=1S/C17H27N3/c1-13-7-6-8-15(11-13)14(2)12-19-17(18)20-16-9-4-3-5-10-16/h6-8,11,14,16H,3-5,9-10,12H2,1-2H3,(H3,18,19,20). The zero-order chi connectivity index (χ0) is 14.4. The van der Waals surface area contributed by atoms with E-state index in [1.165, 1.54) is 43.2 Å². The molecular weight excluding hydrogens is 246 g/mol. The smallest absolute Gasteiger partial charge is 0.188 e. The lowest BCUT2D eigenvalue weighted by Gasteiger charge is -2.23. The van der Waals surface area contributed by atoms with Crippen molar-refractivity contribution in [2.75, 3.05) is 6.54 Å². The molecule has 3 N–H and O–H groups in total. The maximum Gasteiger partial charge on any atom is 0.188 e. The van der Waals surface area contributed by atoms with Crippen LogP contribution < -0.4 is 11.1 Å². The van der Waals surface area contributed by atoms with Gasteiger partial charge in [0.1, 0.15) is 0 Å². The number of guanidine groups is 1. The Morgan fingerprint density at radius 2 is 2.10 bits per heavy atom. The van der Waals surface area contributed by atoms with E-state index in [0.29, 0.717) is 17.9 Å². The number of aliphatic imine (C=N–C) groups is 1. The lowest BCUT2D eigenvalue weighted by molar-refractivity contribution is 0.412. The van der Waals surface area contributed by atoms with Crippen molar-refractivity contribution in [2.45, 2.75) is 57.9 Å². The van der Waals surface area contributed by atoms with Gasteiger partial charge in [0.05, 0.1) is 0 Å². The summed E-state index contributed by atoms with van der Waals surface area (Å²) in [6.07, 6.45) is 6.43. The van der Waals surface area contributed by atoms with Crippen LogP contribution in [0.4, 0.5) is 0 Å². The van der Waals surface area contributed by atoms with Gasteiger partial charge >= 0.3 is 0 Å². The van der Waals surface area contributed by atoms with Gasteiger partial charge in [-0.15, -0.1) is 0 Å². The van der Waals surface area contributed by atoms with Gasteiger partial charge in [0.15, 0.2) is 5.96 Å². The van der Waals surface area contributed by atoms with Crippen molar-refractivity contribution >= 4 is 5.96 Å². The first-order valence-electron chi connectivity index (χ1n) is 7.78. The summed E-state index contributed by atoms with van der Waals surface area (Å²) in [5.41, 5.74) is 8.63. The minimum atomic E-state index is 0.404. The highest BCUT2D eigenvalue weighted by atomic mass is 15.1. The van der Waals surface area contributed by atoms with Gasteiger partial charge in [0.25, 0.3) is 0 Å². The minimum absolute atomic E-state index is 0.404. The van der Waals surface area contributed by atoms with Crippen LogP contribution in [-0.4, -0.2) is 18.5 Å². The van der Waals surface area contributed by atoms with E-state index in [1.807, 2.05) is 0 Å². The van der Waals surface area contributed by atoms with E-state index in [0.717, 1.165) is 6.54 Å². The van der Waals surface area contributed by atoms with Crippen molar-refractivity contribution in [1.82, 2.24) is 5.32 Å². The van der Waals surface area contributed by atoms with Gasteiger partial charge in [-0.1, -0.05) is 56.0 Å². The van der Waals surface area contributed by atoms with Gasteiger partial charge in [0, 0.05) is 18.5 Å². The summed E-state index contributed by atoms with van der Waals surface area (Å²) in [7, 11) is 0. The zero-order valence-electron chi connectivity index (χ0n) is 12.7. The molecule has 0 aliphatic heterocycles. The Hall–Kier alpha value is -1.51. The molecule has 1 aromatic rings. The molecule has 0 bridgehead atoms. The topological polar surface area (TPSA) is 50.4 Å². The van der Waals surface area contributed by atoms with Crippen molar-refractivity contribution < 1.29 is 0 Å². The molecule has 1 atom stereocenters. The second-order valence-corrected chi connectivity index (χ2v) is 6.02. The summed E-state index contributed by atoms with van der Waals surface area (Å²) in [5, 5.41) is 3.36. The van der Waals surface area contributed by atoms with Gasteiger partial charge in [-0.3, -0.25) is 4.99 Å². The molecule has 0 radical (unpaired) electrons. The fourth-order valence-electron chi connectivity index (χ4n) is 2.82. The van der Waals surface area contributed by atoms with Crippen LogP contribution in [0.3, 0.4) is 0 Å². The summed E-state index contributed by atoms with van der Waals surface area (Å²) in [6.45, 7) is 5.07. The van der Waals surface area contributed by atoms with Crippen LogP contribution in [0, 0.1) is 6.92 Å². The van der Waals surface area contributed by atoms with E-state index in [1.54, 1.807) is 0 Å². The van der Waals surface area contributed by atoms with Crippen LogP contribution in [0.2, 0.25) is 0 Å². The molecule has 0 spiro atoms. The predicted molar refractivity (Wildman–Crippen MR) is 86.1 cm³/mol. The normalized spacial score (nSPS) is 18.8. The summed E-state index contributed by atoms with van der Waals surface area (Å²) in [6, 6.07) is 9.15. The monoisotopic (exact) mass is 273 g/mol. The van der Waals surface area contributed by atoms with Gasteiger partial charge in [-0.05, 0) is 25.3 Å². The number of benzene rings is 1. The van der Waals surface area contributed by atoms with E-state index in [4.69, 9.17) is 5.73 Å². The van der Waals surface area contributed by atoms with Crippen molar-refractivity contribution in [2.24, 2.45) is 10.7 Å². The van der Waals surface area contributed by atoms with E-state index in [-0.39, 0.29) is 0 Å².